The zero-order valence-corrected chi connectivity index (χ0v) is 16.0. The van der Waals surface area contributed by atoms with Gasteiger partial charge in [-0.15, -0.1) is 11.3 Å². The highest BCUT2D eigenvalue weighted by Gasteiger charge is 2.15. The van der Waals surface area contributed by atoms with Gasteiger partial charge in [0.15, 0.2) is 9.84 Å². The second-order valence-electron chi connectivity index (χ2n) is 5.69. The maximum Gasteiger partial charge on any atom is 0.180 e. The molecule has 2 heterocycles. The molecule has 0 saturated heterocycles. The molecule has 0 saturated carbocycles. The number of thiophene rings is 1. The van der Waals surface area contributed by atoms with Crippen LogP contribution in [0.25, 0.3) is 10.2 Å². The van der Waals surface area contributed by atoms with E-state index < -0.39 is 9.84 Å². The maximum atomic E-state index is 12.4. The number of aryl methyl sites for hydroxylation is 2. The van der Waals surface area contributed by atoms with Crippen molar-refractivity contribution in [3.8, 4) is 0 Å². The van der Waals surface area contributed by atoms with Gasteiger partial charge in [0, 0.05) is 17.8 Å². The molecule has 5 nitrogen and oxygen atoms in total. The number of hydrogen-bond acceptors (Lipinski definition) is 6. The van der Waals surface area contributed by atoms with Crippen LogP contribution in [0.1, 0.15) is 24.5 Å². The number of fused-ring (bicyclic) bond motifs is 1. The fourth-order valence-corrected chi connectivity index (χ4v) is 4.70. The topological polar surface area (TPSA) is 72.0 Å². The van der Waals surface area contributed by atoms with Crippen molar-refractivity contribution < 1.29 is 8.42 Å². The summed E-state index contributed by atoms with van der Waals surface area (Å²) in [5.74, 6) is 1.51. The highest BCUT2D eigenvalue weighted by molar-refractivity contribution is 7.91. The van der Waals surface area contributed by atoms with Crippen LogP contribution >= 0.6 is 11.3 Å². The van der Waals surface area contributed by atoms with Crippen molar-refractivity contribution in [2.24, 2.45) is 0 Å². The van der Waals surface area contributed by atoms with Crippen LogP contribution in [0.3, 0.4) is 0 Å². The number of anilines is 1. The number of benzene rings is 1. The standard InChI is InChI=1S/C18H21N3O2S2/c1-3-13-12-15-17(20-16(4-2)21-18(15)24-13)19-10-11-25(22,23)14-8-6-5-7-9-14/h5-9,12H,3-4,10-11H2,1-2H3,(H,19,20,21). The number of aromatic nitrogens is 2. The monoisotopic (exact) mass is 375 g/mol. The minimum absolute atomic E-state index is 0.0226. The molecule has 1 N–H and O–H groups in total. The molecule has 0 amide bonds. The van der Waals surface area contributed by atoms with E-state index in [1.807, 2.05) is 13.0 Å². The maximum absolute atomic E-state index is 12.4. The Bertz CT molecular complexity index is 967. The van der Waals surface area contributed by atoms with Gasteiger partial charge in [0.05, 0.1) is 16.0 Å². The SMILES string of the molecule is CCc1nc(NCCS(=O)(=O)c2ccccc2)c2cc(CC)sc2n1. The lowest BCUT2D eigenvalue weighted by atomic mass is 10.3. The molecule has 0 aliphatic rings. The fourth-order valence-electron chi connectivity index (χ4n) is 2.53. The van der Waals surface area contributed by atoms with Crippen LogP contribution in [0.15, 0.2) is 41.3 Å². The smallest absolute Gasteiger partial charge is 0.180 e. The highest BCUT2D eigenvalue weighted by Crippen LogP contribution is 2.29. The Hall–Kier alpha value is -1.99. The third-order valence-corrected chi connectivity index (χ3v) is 6.83. The summed E-state index contributed by atoms with van der Waals surface area (Å²) in [6.45, 7) is 4.43. The van der Waals surface area contributed by atoms with Crippen molar-refractivity contribution >= 4 is 37.2 Å². The molecule has 0 radical (unpaired) electrons. The minimum atomic E-state index is -3.30. The molecule has 2 aromatic heterocycles. The zero-order chi connectivity index (χ0) is 17.9. The van der Waals surface area contributed by atoms with E-state index in [2.05, 4.69) is 28.3 Å². The van der Waals surface area contributed by atoms with E-state index in [1.165, 1.54) is 4.88 Å². The van der Waals surface area contributed by atoms with Crippen LogP contribution in [0.4, 0.5) is 5.82 Å². The lowest BCUT2D eigenvalue weighted by Crippen LogP contribution is -2.17. The van der Waals surface area contributed by atoms with Gasteiger partial charge >= 0.3 is 0 Å². The third kappa shape index (κ3) is 3.99. The average Bonchev–Trinajstić information content (AvgIpc) is 3.05. The first-order valence-corrected chi connectivity index (χ1v) is 10.8. The first-order chi connectivity index (χ1) is 12.0. The highest BCUT2D eigenvalue weighted by atomic mass is 32.2. The van der Waals surface area contributed by atoms with Crippen LogP contribution in [0.5, 0.6) is 0 Å². The Labute approximate surface area is 152 Å². The van der Waals surface area contributed by atoms with Crippen LogP contribution in [-0.4, -0.2) is 30.7 Å². The molecule has 3 rings (SSSR count). The molecule has 0 atom stereocenters. The molecule has 25 heavy (non-hydrogen) atoms. The Morgan fingerprint density at radius 1 is 1.08 bits per heavy atom. The summed E-state index contributed by atoms with van der Waals surface area (Å²) in [4.78, 5) is 11.7. The van der Waals surface area contributed by atoms with Crippen molar-refractivity contribution in [1.82, 2.24) is 9.97 Å². The molecule has 3 aromatic rings. The van der Waals surface area contributed by atoms with Crippen LogP contribution in [-0.2, 0) is 22.7 Å². The Morgan fingerprint density at radius 2 is 1.84 bits per heavy atom. The Morgan fingerprint density at radius 3 is 2.52 bits per heavy atom. The van der Waals surface area contributed by atoms with Gasteiger partial charge < -0.3 is 5.32 Å². The van der Waals surface area contributed by atoms with Crippen LogP contribution in [0.2, 0.25) is 0 Å². The van der Waals surface area contributed by atoms with Crippen molar-refractivity contribution in [2.75, 3.05) is 17.6 Å². The summed E-state index contributed by atoms with van der Waals surface area (Å²) in [6.07, 6.45) is 1.69. The van der Waals surface area contributed by atoms with Gasteiger partial charge in [-0.2, -0.15) is 0 Å². The summed E-state index contributed by atoms with van der Waals surface area (Å²) in [5.41, 5.74) is 0. The molecule has 0 unspecified atom stereocenters. The summed E-state index contributed by atoms with van der Waals surface area (Å²) >= 11 is 1.67. The van der Waals surface area contributed by atoms with Gasteiger partial charge in [-0.3, -0.25) is 0 Å². The molecule has 7 heteroatoms. The predicted molar refractivity (Wildman–Crippen MR) is 103 cm³/mol. The lowest BCUT2D eigenvalue weighted by Gasteiger charge is -2.09. The number of nitrogens with one attached hydrogen (secondary N) is 1. The van der Waals surface area contributed by atoms with E-state index in [0.29, 0.717) is 11.4 Å². The molecule has 0 aliphatic heterocycles. The van der Waals surface area contributed by atoms with Gasteiger partial charge in [0.25, 0.3) is 0 Å². The van der Waals surface area contributed by atoms with E-state index in [-0.39, 0.29) is 5.75 Å². The van der Waals surface area contributed by atoms with E-state index in [9.17, 15) is 8.42 Å². The molecule has 0 spiro atoms. The van der Waals surface area contributed by atoms with E-state index >= 15 is 0 Å². The van der Waals surface area contributed by atoms with Gasteiger partial charge in [0.1, 0.15) is 16.5 Å². The van der Waals surface area contributed by atoms with Crippen molar-refractivity contribution in [3.63, 3.8) is 0 Å². The molecule has 0 bridgehead atoms. The second-order valence-corrected chi connectivity index (χ2v) is 8.91. The molecule has 0 fully saturated rings. The number of hydrogen-bond donors (Lipinski definition) is 1. The molecular weight excluding hydrogens is 354 g/mol. The van der Waals surface area contributed by atoms with Crippen molar-refractivity contribution in [2.45, 2.75) is 31.6 Å². The quantitative estimate of drug-likeness (QED) is 0.682. The van der Waals surface area contributed by atoms with E-state index in [4.69, 9.17) is 0 Å². The number of rotatable bonds is 7. The van der Waals surface area contributed by atoms with Gasteiger partial charge in [-0.1, -0.05) is 32.0 Å². The number of nitrogens with zero attached hydrogens (tertiary/aromatic N) is 2. The van der Waals surface area contributed by atoms with Crippen molar-refractivity contribution in [3.05, 3.63) is 47.1 Å². The van der Waals surface area contributed by atoms with Gasteiger partial charge in [-0.05, 0) is 24.6 Å². The van der Waals surface area contributed by atoms with Crippen LogP contribution < -0.4 is 5.32 Å². The largest absolute Gasteiger partial charge is 0.368 e. The third-order valence-electron chi connectivity index (χ3n) is 3.92. The predicted octanol–water partition coefficient (Wildman–Crippen LogP) is 3.70. The van der Waals surface area contributed by atoms with Crippen molar-refractivity contribution in [1.29, 1.82) is 0 Å². The van der Waals surface area contributed by atoms with Crippen LogP contribution in [0, 0.1) is 0 Å². The first-order valence-electron chi connectivity index (χ1n) is 8.34. The summed E-state index contributed by atoms with van der Waals surface area (Å²) in [5, 5.41) is 4.17. The fraction of sp³-hybridized carbons (Fsp3) is 0.333. The Kier molecular flexibility index (Phi) is 5.34. The number of sulfone groups is 1. The van der Waals surface area contributed by atoms with Gasteiger partial charge in [-0.25, -0.2) is 18.4 Å². The molecular formula is C18H21N3O2S2. The normalized spacial score (nSPS) is 11.8. The first kappa shape index (κ1) is 17.8. The Balaban J connectivity index is 1.80. The average molecular weight is 376 g/mol. The lowest BCUT2D eigenvalue weighted by molar-refractivity contribution is 0.596. The molecule has 0 aliphatic carbocycles. The summed E-state index contributed by atoms with van der Waals surface area (Å²) in [7, 11) is -3.30. The minimum Gasteiger partial charge on any atom is -0.368 e. The second kappa shape index (κ2) is 7.49. The summed E-state index contributed by atoms with van der Waals surface area (Å²) in [6, 6.07) is 10.6. The van der Waals surface area contributed by atoms with E-state index in [0.717, 1.165) is 34.7 Å². The molecule has 1 aromatic carbocycles. The summed E-state index contributed by atoms with van der Waals surface area (Å²) < 4.78 is 24.8. The zero-order valence-electron chi connectivity index (χ0n) is 14.3. The van der Waals surface area contributed by atoms with Gasteiger partial charge in [0.2, 0.25) is 0 Å². The van der Waals surface area contributed by atoms with E-state index in [1.54, 1.807) is 35.6 Å². The molecule has 132 valence electrons.